The van der Waals surface area contributed by atoms with Crippen LogP contribution in [-0.4, -0.2) is 15.9 Å². The molecular formula is C20H15NO4. The third kappa shape index (κ3) is 3.17. The van der Waals surface area contributed by atoms with Crippen LogP contribution in [0.25, 0.3) is 0 Å². The first-order valence-electron chi connectivity index (χ1n) is 7.91. The first kappa shape index (κ1) is 15.2. The summed E-state index contributed by atoms with van der Waals surface area (Å²) in [6.45, 7) is 0. The molecule has 0 aliphatic carbocycles. The molecule has 1 aliphatic rings. The molecule has 1 unspecified atom stereocenters. The van der Waals surface area contributed by atoms with Crippen molar-refractivity contribution in [2.24, 2.45) is 0 Å². The van der Waals surface area contributed by atoms with Gasteiger partial charge in [-0.1, -0.05) is 18.2 Å². The summed E-state index contributed by atoms with van der Waals surface area (Å²) in [4.78, 5) is 16.5. The Morgan fingerprint density at radius 1 is 1.08 bits per heavy atom. The number of aromatic hydroxyl groups is 1. The largest absolute Gasteiger partial charge is 0.508 e. The van der Waals surface area contributed by atoms with Gasteiger partial charge >= 0.3 is 0 Å². The number of pyridine rings is 1. The summed E-state index contributed by atoms with van der Waals surface area (Å²) in [7, 11) is 0. The number of carbonyl (C=O) groups is 1. The number of phenolic OH excluding ortho intramolecular Hbond substituents is 1. The van der Waals surface area contributed by atoms with E-state index in [9.17, 15) is 9.90 Å². The van der Waals surface area contributed by atoms with E-state index >= 15 is 0 Å². The van der Waals surface area contributed by atoms with E-state index in [0.29, 0.717) is 22.9 Å². The molecule has 1 aromatic heterocycles. The minimum atomic E-state index is -0.392. The second kappa shape index (κ2) is 6.28. The average Bonchev–Trinajstić information content (AvgIpc) is 2.63. The first-order valence-corrected chi connectivity index (χ1v) is 7.91. The first-order chi connectivity index (χ1) is 12.2. The molecule has 1 atom stereocenters. The monoisotopic (exact) mass is 333 g/mol. The summed E-state index contributed by atoms with van der Waals surface area (Å²) in [6.07, 6.45) is 1.48. The molecule has 2 aromatic carbocycles. The number of nitrogens with zero attached hydrogens (tertiary/aromatic N) is 1. The molecule has 5 nitrogen and oxygen atoms in total. The molecule has 1 N–H and O–H groups in total. The second-order valence-corrected chi connectivity index (χ2v) is 5.76. The number of ketones is 1. The van der Waals surface area contributed by atoms with Gasteiger partial charge in [0.1, 0.15) is 23.4 Å². The standard InChI is InChI=1S/C20H15NO4/c22-14-7-8-18-16(11-14)17(23)12-19(25-18)13-4-3-5-15(10-13)24-20-6-1-2-9-21-20/h1-11,19,22H,12H2. The number of aromatic nitrogens is 1. The lowest BCUT2D eigenvalue weighted by Gasteiger charge is -2.25. The van der Waals surface area contributed by atoms with E-state index < -0.39 is 6.10 Å². The number of ether oxygens (including phenoxy) is 2. The van der Waals surface area contributed by atoms with E-state index in [4.69, 9.17) is 9.47 Å². The summed E-state index contributed by atoms with van der Waals surface area (Å²) >= 11 is 0. The van der Waals surface area contributed by atoms with E-state index in [0.717, 1.165) is 5.56 Å². The normalized spacial score (nSPS) is 16.0. The number of rotatable bonds is 3. The summed E-state index contributed by atoms with van der Waals surface area (Å²) in [5, 5.41) is 9.54. The van der Waals surface area contributed by atoms with Crippen molar-refractivity contribution in [3.63, 3.8) is 0 Å². The Hall–Kier alpha value is -3.34. The molecule has 0 radical (unpaired) electrons. The van der Waals surface area contributed by atoms with E-state index in [2.05, 4.69) is 4.98 Å². The zero-order valence-electron chi connectivity index (χ0n) is 13.3. The van der Waals surface area contributed by atoms with Gasteiger partial charge in [0.2, 0.25) is 5.88 Å². The average molecular weight is 333 g/mol. The topological polar surface area (TPSA) is 68.7 Å². The van der Waals surface area contributed by atoms with E-state index in [1.807, 2.05) is 36.4 Å². The van der Waals surface area contributed by atoms with Crippen LogP contribution in [0.1, 0.15) is 28.4 Å². The number of carbonyl (C=O) groups excluding carboxylic acids is 1. The molecule has 1 aliphatic heterocycles. The zero-order chi connectivity index (χ0) is 17.2. The van der Waals surface area contributed by atoms with Gasteiger partial charge in [-0.05, 0) is 42.0 Å². The quantitative estimate of drug-likeness (QED) is 0.774. The Bertz CT molecular complexity index is 924. The number of Topliss-reactive ketones (excluding diaryl/α,β-unsaturated/α-hetero) is 1. The Morgan fingerprint density at radius 2 is 2.00 bits per heavy atom. The Labute approximate surface area is 144 Å². The number of phenols is 1. The smallest absolute Gasteiger partial charge is 0.219 e. The summed E-state index contributed by atoms with van der Waals surface area (Å²) in [5.74, 6) is 1.61. The maximum absolute atomic E-state index is 12.4. The minimum Gasteiger partial charge on any atom is -0.508 e. The van der Waals surface area contributed by atoms with E-state index in [-0.39, 0.29) is 18.0 Å². The highest BCUT2D eigenvalue weighted by atomic mass is 16.5. The van der Waals surface area contributed by atoms with Crippen LogP contribution in [0.15, 0.2) is 66.9 Å². The fourth-order valence-corrected chi connectivity index (χ4v) is 2.80. The van der Waals surface area contributed by atoms with Gasteiger partial charge in [-0.25, -0.2) is 4.98 Å². The third-order valence-electron chi connectivity index (χ3n) is 3.99. The van der Waals surface area contributed by atoms with Gasteiger partial charge in [0, 0.05) is 12.3 Å². The van der Waals surface area contributed by atoms with Crippen molar-refractivity contribution >= 4 is 5.78 Å². The number of hydrogen-bond donors (Lipinski definition) is 1. The number of benzene rings is 2. The molecule has 0 saturated carbocycles. The molecule has 2 heterocycles. The van der Waals surface area contributed by atoms with Gasteiger partial charge in [-0.15, -0.1) is 0 Å². The number of fused-ring (bicyclic) bond motifs is 1. The number of hydrogen-bond acceptors (Lipinski definition) is 5. The Morgan fingerprint density at radius 3 is 2.84 bits per heavy atom. The van der Waals surface area contributed by atoms with Crippen LogP contribution >= 0.6 is 0 Å². The maximum Gasteiger partial charge on any atom is 0.219 e. The van der Waals surface area contributed by atoms with Crippen molar-refractivity contribution in [1.82, 2.24) is 4.98 Å². The van der Waals surface area contributed by atoms with Crippen LogP contribution in [0, 0.1) is 0 Å². The minimum absolute atomic E-state index is 0.0555. The van der Waals surface area contributed by atoms with Crippen LogP contribution in [0.5, 0.6) is 23.1 Å². The van der Waals surface area contributed by atoms with Crippen molar-refractivity contribution < 1.29 is 19.4 Å². The molecule has 0 bridgehead atoms. The lowest BCUT2D eigenvalue weighted by atomic mass is 9.96. The Balaban J connectivity index is 1.59. The molecule has 0 spiro atoms. The summed E-state index contributed by atoms with van der Waals surface area (Å²) in [6, 6.07) is 17.4. The molecule has 5 heteroatoms. The van der Waals surface area contributed by atoms with Crippen molar-refractivity contribution in [2.75, 3.05) is 0 Å². The van der Waals surface area contributed by atoms with Crippen LogP contribution in [-0.2, 0) is 0 Å². The lowest BCUT2D eigenvalue weighted by molar-refractivity contribution is 0.0849. The molecule has 4 rings (SSSR count). The van der Waals surface area contributed by atoms with Gasteiger partial charge in [-0.2, -0.15) is 0 Å². The van der Waals surface area contributed by atoms with Crippen LogP contribution in [0.2, 0.25) is 0 Å². The SMILES string of the molecule is O=C1CC(c2cccc(Oc3ccccn3)c2)Oc2ccc(O)cc21. The fraction of sp³-hybridized carbons (Fsp3) is 0.100. The van der Waals surface area contributed by atoms with Gasteiger partial charge < -0.3 is 14.6 Å². The van der Waals surface area contributed by atoms with Crippen molar-refractivity contribution in [3.8, 4) is 23.1 Å². The summed E-state index contributed by atoms with van der Waals surface area (Å²) < 4.78 is 11.7. The maximum atomic E-state index is 12.4. The molecule has 3 aromatic rings. The predicted octanol–water partition coefficient (Wildman–Crippen LogP) is 4.29. The highest BCUT2D eigenvalue weighted by Gasteiger charge is 2.28. The van der Waals surface area contributed by atoms with Crippen molar-refractivity contribution in [2.45, 2.75) is 12.5 Å². The molecule has 0 saturated heterocycles. The van der Waals surface area contributed by atoms with E-state index in [1.54, 1.807) is 18.3 Å². The van der Waals surface area contributed by atoms with Crippen LogP contribution in [0.3, 0.4) is 0 Å². The van der Waals surface area contributed by atoms with E-state index in [1.165, 1.54) is 12.1 Å². The van der Waals surface area contributed by atoms with Gasteiger partial charge in [0.25, 0.3) is 0 Å². The third-order valence-corrected chi connectivity index (χ3v) is 3.99. The van der Waals surface area contributed by atoms with Gasteiger partial charge in [-0.3, -0.25) is 4.79 Å². The van der Waals surface area contributed by atoms with Crippen LogP contribution < -0.4 is 9.47 Å². The Kier molecular flexibility index (Phi) is 3.82. The highest BCUT2D eigenvalue weighted by molar-refractivity contribution is 6.00. The van der Waals surface area contributed by atoms with Gasteiger partial charge in [0.15, 0.2) is 5.78 Å². The second-order valence-electron chi connectivity index (χ2n) is 5.76. The molecule has 124 valence electrons. The fourth-order valence-electron chi connectivity index (χ4n) is 2.80. The molecule has 0 fully saturated rings. The highest BCUT2D eigenvalue weighted by Crippen LogP contribution is 2.37. The van der Waals surface area contributed by atoms with Crippen LogP contribution in [0.4, 0.5) is 0 Å². The van der Waals surface area contributed by atoms with Crippen molar-refractivity contribution in [3.05, 3.63) is 78.0 Å². The lowest BCUT2D eigenvalue weighted by Crippen LogP contribution is -2.20. The predicted molar refractivity (Wildman–Crippen MR) is 91.2 cm³/mol. The summed E-state index contributed by atoms with van der Waals surface area (Å²) in [5.41, 5.74) is 1.26. The van der Waals surface area contributed by atoms with Gasteiger partial charge in [0.05, 0.1) is 12.0 Å². The zero-order valence-corrected chi connectivity index (χ0v) is 13.3. The molecular weight excluding hydrogens is 318 g/mol. The molecule has 0 amide bonds. The van der Waals surface area contributed by atoms with Crippen molar-refractivity contribution in [1.29, 1.82) is 0 Å². The molecule has 25 heavy (non-hydrogen) atoms.